The Bertz CT molecular complexity index is 861. The Labute approximate surface area is 192 Å². The predicted octanol–water partition coefficient (Wildman–Crippen LogP) is 6.49. The van der Waals surface area contributed by atoms with Gasteiger partial charge in [-0.1, -0.05) is 32.4 Å². The molecule has 31 heavy (non-hydrogen) atoms. The highest BCUT2D eigenvalue weighted by Crippen LogP contribution is 2.42. The van der Waals surface area contributed by atoms with Crippen molar-refractivity contribution in [1.29, 1.82) is 5.26 Å². The first-order valence-electron chi connectivity index (χ1n) is 10.8. The SMILES string of the molecule is CC(C)(C)N(C(=O)O)c1cc(C#N)cc(N2CCC(O[Si](C)(C)C(C)(C)C)CC2)c1Cl. The topological polar surface area (TPSA) is 76.8 Å². The number of hydrogen-bond donors (Lipinski definition) is 1. The average molecular weight is 466 g/mol. The van der Waals surface area contributed by atoms with Crippen LogP contribution in [0.15, 0.2) is 12.1 Å². The Kier molecular flexibility index (Phi) is 7.41. The molecule has 1 aromatic carbocycles. The Morgan fingerprint density at radius 1 is 1.23 bits per heavy atom. The van der Waals surface area contributed by atoms with Gasteiger partial charge in [0.15, 0.2) is 8.32 Å². The molecule has 1 fully saturated rings. The molecular weight excluding hydrogens is 430 g/mol. The van der Waals surface area contributed by atoms with Crippen molar-refractivity contribution in [2.24, 2.45) is 0 Å². The second-order valence-electron chi connectivity index (χ2n) is 10.8. The van der Waals surface area contributed by atoms with Gasteiger partial charge in [-0.2, -0.15) is 5.26 Å². The Morgan fingerprint density at radius 3 is 2.19 bits per heavy atom. The average Bonchev–Trinajstić information content (AvgIpc) is 2.61. The summed E-state index contributed by atoms with van der Waals surface area (Å²) in [7, 11) is -1.84. The molecule has 0 bridgehead atoms. The molecule has 1 N–H and O–H groups in total. The maximum Gasteiger partial charge on any atom is 0.412 e. The van der Waals surface area contributed by atoms with E-state index in [4.69, 9.17) is 16.0 Å². The molecule has 0 spiro atoms. The second kappa shape index (κ2) is 9.01. The number of piperidine rings is 1. The van der Waals surface area contributed by atoms with Crippen LogP contribution in [-0.4, -0.2) is 44.2 Å². The van der Waals surface area contributed by atoms with Crippen molar-refractivity contribution >= 4 is 37.4 Å². The number of carbonyl (C=O) groups is 1. The summed E-state index contributed by atoms with van der Waals surface area (Å²) in [6.07, 6.45) is 0.852. The highest BCUT2D eigenvalue weighted by Gasteiger charge is 2.40. The van der Waals surface area contributed by atoms with E-state index in [1.165, 1.54) is 4.90 Å². The van der Waals surface area contributed by atoms with Gasteiger partial charge in [0.05, 0.1) is 28.0 Å². The van der Waals surface area contributed by atoms with E-state index in [1.807, 2.05) is 0 Å². The van der Waals surface area contributed by atoms with E-state index in [1.54, 1.807) is 32.9 Å². The number of rotatable bonds is 4. The molecule has 8 heteroatoms. The van der Waals surface area contributed by atoms with E-state index in [-0.39, 0.29) is 11.1 Å². The first-order chi connectivity index (χ1) is 14.1. The summed E-state index contributed by atoms with van der Waals surface area (Å²) < 4.78 is 6.58. The highest BCUT2D eigenvalue weighted by atomic mass is 35.5. The third-order valence-electron chi connectivity index (χ3n) is 6.32. The first kappa shape index (κ1) is 25.5. The van der Waals surface area contributed by atoms with Gasteiger partial charge in [0.25, 0.3) is 0 Å². The van der Waals surface area contributed by atoms with Gasteiger partial charge >= 0.3 is 6.09 Å². The molecule has 1 heterocycles. The summed E-state index contributed by atoms with van der Waals surface area (Å²) in [4.78, 5) is 15.4. The molecule has 0 unspecified atom stereocenters. The van der Waals surface area contributed by atoms with Crippen LogP contribution in [0.3, 0.4) is 0 Å². The van der Waals surface area contributed by atoms with Crippen molar-refractivity contribution in [2.45, 2.75) is 84.2 Å². The van der Waals surface area contributed by atoms with E-state index in [0.717, 1.165) is 25.9 Å². The van der Waals surface area contributed by atoms with Crippen molar-refractivity contribution in [1.82, 2.24) is 0 Å². The standard InChI is InChI=1S/C23H36ClN3O3Si/c1-22(2,3)27(21(28)29)19-14-16(15-25)13-18(20(19)24)26-11-9-17(10-12-26)30-31(7,8)23(4,5)6/h13-14,17H,9-12H2,1-8H3,(H,28,29). The van der Waals surface area contributed by atoms with Crippen LogP contribution in [0, 0.1) is 11.3 Å². The van der Waals surface area contributed by atoms with Gasteiger partial charge in [-0.15, -0.1) is 0 Å². The fourth-order valence-corrected chi connectivity index (χ4v) is 5.35. The molecule has 172 valence electrons. The summed E-state index contributed by atoms with van der Waals surface area (Å²) in [5, 5.41) is 19.9. The maximum absolute atomic E-state index is 12.0. The van der Waals surface area contributed by atoms with Crippen molar-refractivity contribution in [3.8, 4) is 6.07 Å². The van der Waals surface area contributed by atoms with Gasteiger partial charge in [0.2, 0.25) is 0 Å². The zero-order chi connectivity index (χ0) is 23.8. The third-order valence-corrected chi connectivity index (χ3v) is 11.2. The summed E-state index contributed by atoms with van der Waals surface area (Å²) in [5.41, 5.74) is 0.738. The summed E-state index contributed by atoms with van der Waals surface area (Å²) in [5.74, 6) is 0. The Hall–Kier alpha value is -1.75. The third kappa shape index (κ3) is 5.74. The quantitative estimate of drug-likeness (QED) is 0.514. The van der Waals surface area contributed by atoms with Gasteiger partial charge in [0, 0.05) is 24.7 Å². The number of benzene rings is 1. The largest absolute Gasteiger partial charge is 0.465 e. The zero-order valence-electron chi connectivity index (χ0n) is 20.0. The molecule has 0 atom stereocenters. The van der Waals surface area contributed by atoms with Gasteiger partial charge in [-0.25, -0.2) is 4.79 Å². The minimum atomic E-state index is -1.84. The van der Waals surface area contributed by atoms with Crippen molar-refractivity contribution in [2.75, 3.05) is 22.9 Å². The van der Waals surface area contributed by atoms with Crippen molar-refractivity contribution in [3.05, 3.63) is 22.7 Å². The van der Waals surface area contributed by atoms with Gasteiger partial charge in [0.1, 0.15) is 0 Å². The monoisotopic (exact) mass is 465 g/mol. The molecule has 0 aliphatic carbocycles. The van der Waals surface area contributed by atoms with Crippen LogP contribution in [-0.2, 0) is 4.43 Å². The fourth-order valence-electron chi connectivity index (χ4n) is 3.61. The smallest absolute Gasteiger partial charge is 0.412 e. The van der Waals surface area contributed by atoms with Crippen LogP contribution in [0.1, 0.15) is 59.9 Å². The van der Waals surface area contributed by atoms with Gasteiger partial charge in [-0.05, 0) is 63.9 Å². The molecule has 1 aliphatic heterocycles. The highest BCUT2D eigenvalue weighted by molar-refractivity contribution is 6.74. The predicted molar refractivity (Wildman–Crippen MR) is 130 cm³/mol. The molecular formula is C23H36ClN3O3Si. The molecule has 1 aromatic rings. The number of amides is 1. The normalized spacial score (nSPS) is 16.2. The maximum atomic E-state index is 12.0. The van der Waals surface area contributed by atoms with Crippen LogP contribution in [0.2, 0.25) is 23.2 Å². The lowest BCUT2D eigenvalue weighted by Crippen LogP contribution is -2.47. The number of nitriles is 1. The van der Waals surface area contributed by atoms with Crippen LogP contribution < -0.4 is 9.80 Å². The zero-order valence-corrected chi connectivity index (χ0v) is 21.8. The van der Waals surface area contributed by atoms with Gasteiger partial charge in [-0.3, -0.25) is 4.90 Å². The molecule has 1 aliphatic rings. The van der Waals surface area contributed by atoms with E-state index < -0.39 is 19.9 Å². The summed E-state index contributed by atoms with van der Waals surface area (Å²) >= 11 is 6.74. The second-order valence-corrected chi connectivity index (χ2v) is 15.9. The van der Waals surface area contributed by atoms with E-state index in [9.17, 15) is 15.2 Å². The molecule has 0 radical (unpaired) electrons. The summed E-state index contributed by atoms with van der Waals surface area (Å²) in [6, 6.07) is 5.46. The molecule has 1 amide bonds. The van der Waals surface area contributed by atoms with Crippen LogP contribution in [0.5, 0.6) is 0 Å². The summed E-state index contributed by atoms with van der Waals surface area (Å²) in [6.45, 7) is 18.2. The number of nitrogens with zero attached hydrogens (tertiary/aromatic N) is 3. The molecule has 1 saturated heterocycles. The Balaban J connectivity index is 2.31. The molecule has 0 saturated carbocycles. The fraction of sp³-hybridized carbons (Fsp3) is 0.652. The number of halogens is 1. The lowest BCUT2D eigenvalue weighted by atomic mass is 10.0. The van der Waals surface area contributed by atoms with Crippen molar-refractivity contribution in [3.63, 3.8) is 0 Å². The van der Waals surface area contributed by atoms with Crippen LogP contribution in [0.4, 0.5) is 16.2 Å². The molecule has 2 rings (SSSR count). The van der Waals surface area contributed by atoms with Crippen LogP contribution >= 0.6 is 11.6 Å². The van der Waals surface area contributed by atoms with E-state index in [0.29, 0.717) is 22.0 Å². The lowest BCUT2D eigenvalue weighted by molar-refractivity contribution is 0.152. The number of hydrogen-bond acceptors (Lipinski definition) is 4. The molecule has 6 nitrogen and oxygen atoms in total. The van der Waals surface area contributed by atoms with Gasteiger partial charge < -0.3 is 14.4 Å². The van der Waals surface area contributed by atoms with E-state index in [2.05, 4.69) is 44.8 Å². The first-order valence-corrected chi connectivity index (χ1v) is 14.1. The number of carboxylic acid groups (broad SMARTS) is 1. The number of anilines is 2. The molecule has 0 aromatic heterocycles. The lowest BCUT2D eigenvalue weighted by Gasteiger charge is -2.42. The minimum absolute atomic E-state index is 0.163. The van der Waals surface area contributed by atoms with E-state index >= 15 is 0 Å². The van der Waals surface area contributed by atoms with Crippen molar-refractivity contribution < 1.29 is 14.3 Å². The Morgan fingerprint density at radius 2 is 1.77 bits per heavy atom. The van der Waals surface area contributed by atoms with Crippen LogP contribution in [0.25, 0.3) is 0 Å². The minimum Gasteiger partial charge on any atom is -0.465 e.